The van der Waals surface area contributed by atoms with Crippen LogP contribution < -0.4 is 20.1 Å². The highest BCUT2D eigenvalue weighted by Crippen LogP contribution is 2.32. The molecule has 8 heteroatoms. The number of methoxy groups -OCH3 is 1. The molecule has 8 nitrogen and oxygen atoms in total. The van der Waals surface area contributed by atoms with Gasteiger partial charge in [-0.05, 0) is 32.9 Å². The van der Waals surface area contributed by atoms with Crippen molar-refractivity contribution < 1.29 is 14.2 Å². The van der Waals surface area contributed by atoms with Gasteiger partial charge in [-0.3, -0.25) is 4.68 Å². The number of hydrogen-bond donors (Lipinski definition) is 2. The quantitative estimate of drug-likeness (QED) is 0.548. The van der Waals surface area contributed by atoms with E-state index in [0.717, 1.165) is 53.6 Å². The zero-order valence-corrected chi connectivity index (χ0v) is 17.7. The fourth-order valence-electron chi connectivity index (χ4n) is 3.20. The molecular formula is C21H31N5O3. The highest BCUT2D eigenvalue weighted by Gasteiger charge is 2.13. The van der Waals surface area contributed by atoms with Gasteiger partial charge in [0, 0.05) is 43.1 Å². The van der Waals surface area contributed by atoms with E-state index in [1.54, 1.807) is 7.11 Å². The average molecular weight is 402 g/mol. The Labute approximate surface area is 172 Å². The van der Waals surface area contributed by atoms with Gasteiger partial charge in [-0.2, -0.15) is 5.10 Å². The average Bonchev–Trinajstić information content (AvgIpc) is 2.87. The van der Waals surface area contributed by atoms with E-state index < -0.39 is 0 Å². The molecule has 0 saturated heterocycles. The van der Waals surface area contributed by atoms with Crippen molar-refractivity contribution in [2.75, 3.05) is 38.8 Å². The number of hydrogen-bond acceptors (Lipinski definition) is 5. The Bertz CT molecular complexity index is 847. The minimum Gasteiger partial charge on any atom is -0.490 e. The summed E-state index contributed by atoms with van der Waals surface area (Å²) < 4.78 is 18.6. The molecule has 0 unspecified atom stereocenters. The zero-order valence-electron chi connectivity index (χ0n) is 17.7. The Hall–Kier alpha value is -2.74. The second-order valence-electron chi connectivity index (χ2n) is 6.90. The summed E-state index contributed by atoms with van der Waals surface area (Å²) in [6.07, 6.45) is 0.887. The molecule has 0 radical (unpaired) electrons. The molecule has 1 aliphatic rings. The molecule has 0 fully saturated rings. The Morgan fingerprint density at radius 1 is 1.24 bits per heavy atom. The summed E-state index contributed by atoms with van der Waals surface area (Å²) in [7, 11) is 1.70. The van der Waals surface area contributed by atoms with Crippen LogP contribution in [0.2, 0.25) is 0 Å². The van der Waals surface area contributed by atoms with Crippen LogP contribution in [0.15, 0.2) is 23.2 Å². The molecule has 1 aliphatic heterocycles. The van der Waals surface area contributed by atoms with Gasteiger partial charge in [-0.1, -0.05) is 0 Å². The number of rotatable bonds is 7. The van der Waals surface area contributed by atoms with E-state index in [1.807, 2.05) is 36.7 Å². The maximum atomic E-state index is 5.78. The maximum Gasteiger partial charge on any atom is 0.196 e. The van der Waals surface area contributed by atoms with Crippen LogP contribution in [0.25, 0.3) is 0 Å². The normalized spacial score (nSPS) is 13.9. The number of fused-ring (bicyclic) bond motifs is 1. The molecule has 2 heterocycles. The number of anilines is 1. The second kappa shape index (κ2) is 10.2. The summed E-state index contributed by atoms with van der Waals surface area (Å²) in [5.74, 6) is 2.25. The molecule has 2 aromatic rings. The molecular weight excluding hydrogens is 370 g/mol. The molecule has 1 aromatic carbocycles. The summed E-state index contributed by atoms with van der Waals surface area (Å²) in [5, 5.41) is 11.3. The van der Waals surface area contributed by atoms with Crippen LogP contribution in [0.1, 0.15) is 30.3 Å². The Morgan fingerprint density at radius 3 is 2.79 bits per heavy atom. The molecule has 0 aliphatic carbocycles. The Balaban J connectivity index is 1.74. The van der Waals surface area contributed by atoms with Gasteiger partial charge in [0.2, 0.25) is 0 Å². The number of ether oxygens (including phenoxy) is 3. The third-order valence-electron chi connectivity index (χ3n) is 4.79. The summed E-state index contributed by atoms with van der Waals surface area (Å²) in [6.45, 7) is 10.2. The largest absolute Gasteiger partial charge is 0.490 e. The first-order valence-electron chi connectivity index (χ1n) is 10.1. The molecule has 29 heavy (non-hydrogen) atoms. The maximum absolute atomic E-state index is 5.78. The van der Waals surface area contributed by atoms with E-state index in [0.29, 0.717) is 32.3 Å². The van der Waals surface area contributed by atoms with Crippen molar-refractivity contribution in [2.45, 2.75) is 40.3 Å². The van der Waals surface area contributed by atoms with Crippen molar-refractivity contribution in [3.8, 4) is 11.5 Å². The summed E-state index contributed by atoms with van der Waals surface area (Å²) >= 11 is 0. The summed E-state index contributed by atoms with van der Waals surface area (Å²) in [6, 6.07) is 5.85. The van der Waals surface area contributed by atoms with Crippen LogP contribution in [0, 0.1) is 13.8 Å². The van der Waals surface area contributed by atoms with E-state index in [2.05, 4.69) is 22.7 Å². The molecule has 0 saturated carbocycles. The van der Waals surface area contributed by atoms with Gasteiger partial charge in [0.1, 0.15) is 0 Å². The van der Waals surface area contributed by atoms with Crippen molar-refractivity contribution in [3.63, 3.8) is 0 Å². The molecule has 2 N–H and O–H groups in total. The van der Waals surface area contributed by atoms with Gasteiger partial charge in [-0.15, -0.1) is 0 Å². The summed E-state index contributed by atoms with van der Waals surface area (Å²) in [4.78, 5) is 4.76. The highest BCUT2D eigenvalue weighted by atomic mass is 16.5. The summed E-state index contributed by atoms with van der Waals surface area (Å²) in [5.41, 5.74) is 4.15. The van der Waals surface area contributed by atoms with E-state index in [-0.39, 0.29) is 0 Å². The van der Waals surface area contributed by atoms with E-state index in [1.165, 1.54) is 0 Å². The zero-order chi connectivity index (χ0) is 20.6. The van der Waals surface area contributed by atoms with Gasteiger partial charge >= 0.3 is 0 Å². The fourth-order valence-corrected chi connectivity index (χ4v) is 3.20. The van der Waals surface area contributed by atoms with Crippen LogP contribution in [-0.4, -0.2) is 49.2 Å². The number of aryl methyl sites for hydroxylation is 1. The Kier molecular flexibility index (Phi) is 7.35. The molecule has 0 atom stereocenters. The number of nitrogens with one attached hydrogen (secondary N) is 2. The van der Waals surface area contributed by atoms with Crippen LogP contribution in [0.5, 0.6) is 11.5 Å². The standard InChI is InChI=1S/C21H31N5O3/c1-5-22-21(23-14-18-15(2)25-26(16(18)3)9-12-27-4)24-17-7-8-19-20(13-17)29-11-6-10-28-19/h7-8,13H,5-6,9-12,14H2,1-4H3,(H2,22,23,24). The number of aliphatic imine (C=N–C) groups is 1. The SMILES string of the molecule is CCNC(=NCc1c(C)nn(CCOC)c1C)Nc1ccc2c(c1)OCCCO2. The minimum atomic E-state index is 0.546. The molecule has 0 bridgehead atoms. The third-order valence-corrected chi connectivity index (χ3v) is 4.79. The van der Waals surface area contributed by atoms with Gasteiger partial charge in [-0.25, -0.2) is 4.99 Å². The smallest absolute Gasteiger partial charge is 0.196 e. The van der Waals surface area contributed by atoms with Gasteiger partial charge < -0.3 is 24.8 Å². The Morgan fingerprint density at radius 2 is 2.03 bits per heavy atom. The van der Waals surface area contributed by atoms with Crippen LogP contribution in [0.3, 0.4) is 0 Å². The molecule has 0 amide bonds. The molecule has 3 rings (SSSR count). The number of aromatic nitrogens is 2. The van der Waals surface area contributed by atoms with Crippen LogP contribution >= 0.6 is 0 Å². The predicted octanol–water partition coefficient (Wildman–Crippen LogP) is 2.89. The first-order chi connectivity index (χ1) is 14.1. The van der Waals surface area contributed by atoms with Crippen molar-refractivity contribution in [1.82, 2.24) is 15.1 Å². The van der Waals surface area contributed by atoms with Crippen molar-refractivity contribution in [2.24, 2.45) is 4.99 Å². The lowest BCUT2D eigenvalue weighted by molar-refractivity contribution is 0.182. The minimum absolute atomic E-state index is 0.546. The number of guanidine groups is 1. The monoisotopic (exact) mass is 401 g/mol. The van der Waals surface area contributed by atoms with Crippen molar-refractivity contribution in [3.05, 3.63) is 35.2 Å². The lowest BCUT2D eigenvalue weighted by Crippen LogP contribution is -2.30. The third kappa shape index (κ3) is 5.41. The van der Waals surface area contributed by atoms with E-state index in [4.69, 9.17) is 19.2 Å². The van der Waals surface area contributed by atoms with Crippen molar-refractivity contribution in [1.29, 1.82) is 0 Å². The van der Waals surface area contributed by atoms with E-state index >= 15 is 0 Å². The van der Waals surface area contributed by atoms with E-state index in [9.17, 15) is 0 Å². The number of nitrogens with zero attached hydrogens (tertiary/aromatic N) is 3. The first-order valence-corrected chi connectivity index (χ1v) is 10.1. The fraction of sp³-hybridized carbons (Fsp3) is 0.524. The van der Waals surface area contributed by atoms with Gasteiger partial charge in [0.05, 0.1) is 38.6 Å². The lowest BCUT2D eigenvalue weighted by atomic mass is 10.2. The highest BCUT2D eigenvalue weighted by molar-refractivity contribution is 5.93. The van der Waals surface area contributed by atoms with Gasteiger partial charge in [0.15, 0.2) is 17.5 Å². The van der Waals surface area contributed by atoms with Gasteiger partial charge in [0.25, 0.3) is 0 Å². The second-order valence-corrected chi connectivity index (χ2v) is 6.90. The molecule has 158 valence electrons. The topological polar surface area (TPSA) is 81.9 Å². The van der Waals surface area contributed by atoms with Crippen LogP contribution in [0.4, 0.5) is 5.69 Å². The predicted molar refractivity (Wildman–Crippen MR) is 114 cm³/mol. The first kappa shape index (κ1) is 21.0. The number of benzene rings is 1. The molecule has 0 spiro atoms. The molecule has 1 aromatic heterocycles. The van der Waals surface area contributed by atoms with Crippen LogP contribution in [-0.2, 0) is 17.8 Å². The van der Waals surface area contributed by atoms with Crippen molar-refractivity contribution >= 4 is 11.6 Å². The lowest BCUT2D eigenvalue weighted by Gasteiger charge is -2.14.